The summed E-state index contributed by atoms with van der Waals surface area (Å²) in [7, 11) is 0. The zero-order valence-corrected chi connectivity index (χ0v) is 14.3. The highest BCUT2D eigenvalue weighted by molar-refractivity contribution is 8.00. The lowest BCUT2D eigenvalue weighted by molar-refractivity contribution is -0.113. The number of H-pyrrole nitrogens is 1. The van der Waals surface area contributed by atoms with Gasteiger partial charge in [0.1, 0.15) is 18.2 Å². The first kappa shape index (κ1) is 15.8. The van der Waals surface area contributed by atoms with E-state index >= 15 is 0 Å². The van der Waals surface area contributed by atoms with Gasteiger partial charge in [0.25, 0.3) is 0 Å². The van der Waals surface area contributed by atoms with E-state index in [0.29, 0.717) is 18.2 Å². The molecule has 0 saturated carbocycles. The van der Waals surface area contributed by atoms with Gasteiger partial charge in [-0.2, -0.15) is 5.10 Å². The van der Waals surface area contributed by atoms with E-state index in [9.17, 15) is 4.79 Å². The fourth-order valence-electron chi connectivity index (χ4n) is 2.77. The number of amides is 1. The molecule has 1 atom stereocenters. The molecule has 126 valence electrons. The van der Waals surface area contributed by atoms with Crippen LogP contribution < -0.4 is 10.1 Å². The summed E-state index contributed by atoms with van der Waals surface area (Å²) in [6.07, 6.45) is 1.78. The first-order chi connectivity index (χ1) is 12.3. The number of ether oxygens (including phenoxy) is 1. The topological polar surface area (TPSA) is 67.0 Å². The number of rotatable bonds is 4. The Bertz CT molecular complexity index is 862. The molecule has 6 heteroatoms. The first-order valence-electron chi connectivity index (χ1n) is 8.01. The zero-order valence-electron chi connectivity index (χ0n) is 13.4. The Hall–Kier alpha value is -2.73. The lowest BCUT2D eigenvalue weighted by Gasteiger charge is -2.14. The molecule has 4 rings (SSSR count). The third kappa shape index (κ3) is 3.53. The lowest BCUT2D eigenvalue weighted by atomic mass is 10.1. The van der Waals surface area contributed by atoms with Crippen molar-refractivity contribution < 1.29 is 9.53 Å². The van der Waals surface area contributed by atoms with Gasteiger partial charge in [-0.25, -0.2) is 0 Å². The number of carbonyl (C=O) groups excluding carboxylic acids is 1. The van der Waals surface area contributed by atoms with Gasteiger partial charge in [0, 0.05) is 5.56 Å². The van der Waals surface area contributed by atoms with Crippen molar-refractivity contribution in [3.8, 4) is 5.75 Å². The molecule has 0 fully saturated rings. The fourth-order valence-corrected chi connectivity index (χ4v) is 3.87. The van der Waals surface area contributed by atoms with Crippen LogP contribution in [0.5, 0.6) is 5.75 Å². The molecular formula is C19H17N3O2S. The molecule has 2 aromatic carbocycles. The SMILES string of the molecule is O=C1CSC(c2ccc(OCc3ccccc3)cc2)c2cn[nH]c2N1. The molecule has 1 unspecified atom stereocenters. The number of fused-ring (bicyclic) bond motifs is 1. The number of carbonyl (C=O) groups is 1. The monoisotopic (exact) mass is 351 g/mol. The minimum Gasteiger partial charge on any atom is -0.489 e. The highest BCUT2D eigenvalue weighted by atomic mass is 32.2. The van der Waals surface area contributed by atoms with Crippen LogP contribution in [0.3, 0.4) is 0 Å². The van der Waals surface area contributed by atoms with Crippen LogP contribution in [-0.2, 0) is 11.4 Å². The molecule has 0 aliphatic carbocycles. The summed E-state index contributed by atoms with van der Waals surface area (Å²) in [6, 6.07) is 18.1. The van der Waals surface area contributed by atoms with Gasteiger partial charge in [-0.05, 0) is 23.3 Å². The molecule has 1 aromatic heterocycles. The van der Waals surface area contributed by atoms with E-state index < -0.39 is 0 Å². The van der Waals surface area contributed by atoms with Crippen LogP contribution in [0.4, 0.5) is 5.82 Å². The standard InChI is InChI=1S/C19H17N3O2S/c23-17-12-25-18(16-10-20-22-19(16)21-17)14-6-8-15(9-7-14)24-11-13-4-2-1-3-5-13/h1-10,18H,11-12H2,(H2,20,21,22,23). The molecule has 0 radical (unpaired) electrons. The predicted molar refractivity (Wildman–Crippen MR) is 98.7 cm³/mol. The summed E-state index contributed by atoms with van der Waals surface area (Å²) in [4.78, 5) is 11.8. The van der Waals surface area contributed by atoms with E-state index in [1.807, 2.05) is 54.6 Å². The van der Waals surface area contributed by atoms with Crippen molar-refractivity contribution in [2.75, 3.05) is 11.1 Å². The summed E-state index contributed by atoms with van der Waals surface area (Å²) in [5.41, 5.74) is 3.25. The van der Waals surface area contributed by atoms with Crippen LogP contribution in [0.15, 0.2) is 60.8 Å². The Morgan fingerprint density at radius 1 is 1.12 bits per heavy atom. The highest BCUT2D eigenvalue weighted by Gasteiger charge is 2.25. The van der Waals surface area contributed by atoms with Gasteiger partial charge in [-0.3, -0.25) is 9.89 Å². The summed E-state index contributed by atoms with van der Waals surface area (Å²) in [5.74, 6) is 1.91. The highest BCUT2D eigenvalue weighted by Crippen LogP contribution is 2.40. The number of nitrogens with one attached hydrogen (secondary N) is 2. The second kappa shape index (κ2) is 7.03. The Kier molecular flexibility index (Phi) is 4.43. The van der Waals surface area contributed by atoms with Gasteiger partial charge in [0.2, 0.25) is 5.91 Å². The van der Waals surface area contributed by atoms with Crippen molar-refractivity contribution in [3.63, 3.8) is 0 Å². The maximum atomic E-state index is 11.8. The average Bonchev–Trinajstić information content (AvgIpc) is 3.03. The van der Waals surface area contributed by atoms with Crippen LogP contribution in [0.2, 0.25) is 0 Å². The summed E-state index contributed by atoms with van der Waals surface area (Å²) < 4.78 is 5.84. The van der Waals surface area contributed by atoms with Crippen LogP contribution in [0.25, 0.3) is 0 Å². The van der Waals surface area contributed by atoms with Crippen molar-refractivity contribution >= 4 is 23.5 Å². The fraction of sp³-hybridized carbons (Fsp3) is 0.158. The molecule has 25 heavy (non-hydrogen) atoms. The number of aromatic amines is 1. The van der Waals surface area contributed by atoms with E-state index in [1.165, 1.54) is 0 Å². The molecule has 1 aliphatic rings. The molecule has 3 aromatic rings. The lowest BCUT2D eigenvalue weighted by Crippen LogP contribution is -2.12. The smallest absolute Gasteiger partial charge is 0.235 e. The summed E-state index contributed by atoms with van der Waals surface area (Å²) in [5, 5.41) is 9.83. The second-order valence-corrected chi connectivity index (χ2v) is 6.88. The molecule has 5 nitrogen and oxygen atoms in total. The third-order valence-corrected chi connectivity index (χ3v) is 5.32. The van der Waals surface area contributed by atoms with Gasteiger partial charge in [0.05, 0.1) is 17.2 Å². The predicted octanol–water partition coefficient (Wildman–Crippen LogP) is 3.76. The normalized spacial score (nSPS) is 16.6. The van der Waals surface area contributed by atoms with E-state index in [0.717, 1.165) is 22.4 Å². The van der Waals surface area contributed by atoms with Gasteiger partial charge in [-0.15, -0.1) is 11.8 Å². The maximum absolute atomic E-state index is 11.8. The molecule has 0 spiro atoms. The van der Waals surface area contributed by atoms with Crippen LogP contribution >= 0.6 is 11.8 Å². The number of nitrogens with zero attached hydrogens (tertiary/aromatic N) is 1. The third-order valence-electron chi connectivity index (χ3n) is 4.03. The zero-order chi connectivity index (χ0) is 17.1. The molecule has 2 N–H and O–H groups in total. The molecule has 0 bridgehead atoms. The Morgan fingerprint density at radius 2 is 1.92 bits per heavy atom. The van der Waals surface area contributed by atoms with Crippen LogP contribution in [0.1, 0.15) is 21.9 Å². The van der Waals surface area contributed by atoms with Crippen molar-refractivity contribution in [2.45, 2.75) is 11.9 Å². The molecule has 0 saturated heterocycles. The minimum absolute atomic E-state index is 0.0131. The van der Waals surface area contributed by atoms with Crippen molar-refractivity contribution in [1.29, 1.82) is 0 Å². The first-order valence-corrected chi connectivity index (χ1v) is 9.06. The number of anilines is 1. The maximum Gasteiger partial charge on any atom is 0.235 e. The van der Waals surface area contributed by atoms with Crippen molar-refractivity contribution in [2.24, 2.45) is 0 Å². The molecular weight excluding hydrogens is 334 g/mol. The van der Waals surface area contributed by atoms with Gasteiger partial charge < -0.3 is 10.1 Å². The average molecular weight is 351 g/mol. The second-order valence-electron chi connectivity index (χ2n) is 5.78. The minimum atomic E-state index is -0.0131. The Balaban J connectivity index is 1.50. The largest absolute Gasteiger partial charge is 0.489 e. The number of hydrogen-bond donors (Lipinski definition) is 2. The van der Waals surface area contributed by atoms with Gasteiger partial charge >= 0.3 is 0 Å². The van der Waals surface area contributed by atoms with E-state index in [1.54, 1.807) is 18.0 Å². The Morgan fingerprint density at radius 3 is 2.72 bits per heavy atom. The van der Waals surface area contributed by atoms with Crippen LogP contribution in [0, 0.1) is 0 Å². The number of aromatic nitrogens is 2. The van der Waals surface area contributed by atoms with Crippen LogP contribution in [-0.4, -0.2) is 21.9 Å². The van der Waals surface area contributed by atoms with Gasteiger partial charge in [-0.1, -0.05) is 42.5 Å². The van der Waals surface area contributed by atoms with E-state index in [2.05, 4.69) is 15.5 Å². The Labute approximate surface area is 149 Å². The number of hydrogen-bond acceptors (Lipinski definition) is 4. The van der Waals surface area contributed by atoms with E-state index in [-0.39, 0.29) is 11.2 Å². The summed E-state index contributed by atoms with van der Waals surface area (Å²) in [6.45, 7) is 0.544. The van der Waals surface area contributed by atoms with E-state index in [4.69, 9.17) is 4.74 Å². The number of thioether (sulfide) groups is 1. The molecule has 1 amide bonds. The summed E-state index contributed by atoms with van der Waals surface area (Å²) >= 11 is 1.60. The number of benzene rings is 2. The quantitative estimate of drug-likeness (QED) is 0.751. The van der Waals surface area contributed by atoms with Crippen molar-refractivity contribution in [3.05, 3.63) is 77.5 Å². The van der Waals surface area contributed by atoms with Crippen molar-refractivity contribution in [1.82, 2.24) is 10.2 Å². The molecule has 1 aliphatic heterocycles. The van der Waals surface area contributed by atoms with Gasteiger partial charge in [0.15, 0.2) is 0 Å². The molecule has 2 heterocycles.